The number of nitrogens with two attached hydrogens (primary N) is 1. The van der Waals surface area contributed by atoms with Crippen LogP contribution >= 0.6 is 0 Å². The Bertz CT molecular complexity index is 812. The van der Waals surface area contributed by atoms with Crippen LogP contribution in [0.15, 0.2) is 40.8 Å². The van der Waals surface area contributed by atoms with Gasteiger partial charge in [-0.1, -0.05) is 5.92 Å². The average Bonchev–Trinajstić information content (AvgIpc) is 3.02. The van der Waals surface area contributed by atoms with Crippen molar-refractivity contribution in [2.24, 2.45) is 5.73 Å². The first-order valence-electron chi connectivity index (χ1n) is 7.72. The summed E-state index contributed by atoms with van der Waals surface area (Å²) < 4.78 is 10.4. The lowest BCUT2D eigenvalue weighted by molar-refractivity contribution is -0.122. The predicted octanol–water partition coefficient (Wildman–Crippen LogP) is 1.61. The molecular weight excluding hydrogens is 320 g/mol. The molecular formula is C19H20N2O4. The van der Waals surface area contributed by atoms with Crippen molar-refractivity contribution in [1.29, 1.82) is 0 Å². The molecule has 1 aromatic carbocycles. The molecule has 0 bridgehead atoms. The van der Waals surface area contributed by atoms with E-state index in [2.05, 4.69) is 17.2 Å². The molecule has 0 unspecified atom stereocenters. The molecule has 1 aromatic heterocycles. The van der Waals surface area contributed by atoms with Gasteiger partial charge in [-0.3, -0.25) is 9.59 Å². The van der Waals surface area contributed by atoms with Crippen molar-refractivity contribution in [3.63, 3.8) is 0 Å². The number of carbonyl (C=O) groups is 2. The first-order chi connectivity index (χ1) is 11.9. The predicted molar refractivity (Wildman–Crippen MR) is 92.8 cm³/mol. The zero-order valence-corrected chi connectivity index (χ0v) is 14.3. The Morgan fingerprint density at radius 3 is 2.36 bits per heavy atom. The molecule has 1 heterocycles. The Labute approximate surface area is 146 Å². The number of hydrogen-bond donors (Lipinski definition) is 2. The summed E-state index contributed by atoms with van der Waals surface area (Å²) in [4.78, 5) is 23.7. The smallest absolute Gasteiger partial charge is 0.252 e. The summed E-state index contributed by atoms with van der Waals surface area (Å²) >= 11 is 0. The summed E-state index contributed by atoms with van der Waals surface area (Å²) in [7, 11) is 1.45. The summed E-state index contributed by atoms with van der Waals surface area (Å²) in [6, 6.07) is 9.43. The number of amides is 2. The number of benzene rings is 1. The van der Waals surface area contributed by atoms with Gasteiger partial charge in [-0.05, 0) is 56.2 Å². The van der Waals surface area contributed by atoms with E-state index in [1.807, 2.05) is 13.0 Å². The van der Waals surface area contributed by atoms with Crippen molar-refractivity contribution < 1.29 is 18.7 Å². The molecule has 0 aliphatic heterocycles. The summed E-state index contributed by atoms with van der Waals surface area (Å²) in [5.41, 5.74) is 6.43. The normalized spacial score (nSPS) is 12.6. The van der Waals surface area contributed by atoms with Crippen molar-refractivity contribution in [1.82, 2.24) is 5.32 Å². The van der Waals surface area contributed by atoms with Gasteiger partial charge in [0.2, 0.25) is 5.91 Å². The van der Waals surface area contributed by atoms with E-state index in [9.17, 15) is 9.59 Å². The lowest BCUT2D eigenvalue weighted by Crippen LogP contribution is -2.51. The van der Waals surface area contributed by atoms with E-state index in [1.165, 1.54) is 7.11 Å². The van der Waals surface area contributed by atoms with E-state index < -0.39 is 24.0 Å². The van der Waals surface area contributed by atoms with E-state index in [1.54, 1.807) is 37.3 Å². The van der Waals surface area contributed by atoms with Crippen LogP contribution in [-0.2, 0) is 9.53 Å². The highest BCUT2D eigenvalue weighted by Gasteiger charge is 2.25. The van der Waals surface area contributed by atoms with Crippen molar-refractivity contribution in [3.05, 3.63) is 59.0 Å². The Morgan fingerprint density at radius 1 is 1.16 bits per heavy atom. The minimum absolute atomic E-state index is 0.397. The number of nitrogens with one attached hydrogen (secondary N) is 1. The fourth-order valence-electron chi connectivity index (χ4n) is 2.12. The number of aryl methyl sites for hydroxylation is 1. The molecule has 0 aliphatic carbocycles. The molecule has 6 nitrogen and oxygen atoms in total. The fourth-order valence-corrected chi connectivity index (χ4v) is 2.12. The van der Waals surface area contributed by atoms with Gasteiger partial charge in [-0.2, -0.15) is 0 Å². The number of rotatable bonds is 5. The summed E-state index contributed by atoms with van der Waals surface area (Å²) in [6.07, 6.45) is -0.525. The minimum atomic E-state index is -0.904. The highest BCUT2D eigenvalue weighted by molar-refractivity contribution is 5.97. The molecule has 2 amide bonds. The highest BCUT2D eigenvalue weighted by Crippen LogP contribution is 2.07. The second kappa shape index (κ2) is 8.18. The van der Waals surface area contributed by atoms with Crippen molar-refractivity contribution >= 4 is 11.8 Å². The van der Waals surface area contributed by atoms with E-state index >= 15 is 0 Å². The zero-order chi connectivity index (χ0) is 18.4. The number of hydrogen-bond acceptors (Lipinski definition) is 4. The lowest BCUT2D eigenvalue weighted by Gasteiger charge is -2.21. The van der Waals surface area contributed by atoms with Gasteiger partial charge in [0.25, 0.3) is 5.91 Å². The molecule has 130 valence electrons. The Kier molecular flexibility index (Phi) is 5.98. The molecule has 2 aromatic rings. The molecule has 0 fully saturated rings. The number of furan rings is 1. The number of primary amides is 1. The molecule has 6 heteroatoms. The van der Waals surface area contributed by atoms with Crippen LogP contribution in [0.2, 0.25) is 0 Å². The maximum Gasteiger partial charge on any atom is 0.252 e. The number of ether oxygens (including phenoxy) is 1. The van der Waals surface area contributed by atoms with Gasteiger partial charge in [0, 0.05) is 18.2 Å². The molecule has 2 rings (SSSR count). The molecule has 0 saturated heterocycles. The van der Waals surface area contributed by atoms with Gasteiger partial charge in [0.1, 0.15) is 11.8 Å². The lowest BCUT2D eigenvalue weighted by atomic mass is 10.1. The molecule has 0 saturated carbocycles. The van der Waals surface area contributed by atoms with Gasteiger partial charge in [-0.15, -0.1) is 0 Å². The van der Waals surface area contributed by atoms with Gasteiger partial charge in [-0.25, -0.2) is 0 Å². The maximum atomic E-state index is 12.2. The standard InChI is InChI=1S/C19H20N2O4/c1-12-4-10-16(25-12)11-7-14-5-8-15(9-6-14)19(23)21-17(18(20)22)13(2)24-3/h4-6,8-10,13,17H,1-3H3,(H2,20,22)(H,21,23)/t13-,17+/m0/s1. The van der Waals surface area contributed by atoms with Crippen LogP contribution in [0.3, 0.4) is 0 Å². The largest absolute Gasteiger partial charge is 0.453 e. The molecule has 0 radical (unpaired) electrons. The first kappa shape index (κ1) is 18.3. The van der Waals surface area contributed by atoms with Gasteiger partial charge < -0.3 is 20.2 Å². The summed E-state index contributed by atoms with van der Waals surface area (Å²) in [6.45, 7) is 3.51. The van der Waals surface area contributed by atoms with Crippen molar-refractivity contribution in [2.75, 3.05) is 7.11 Å². The average molecular weight is 340 g/mol. The van der Waals surface area contributed by atoms with Gasteiger partial charge in [0.15, 0.2) is 5.76 Å². The van der Waals surface area contributed by atoms with Crippen LogP contribution in [-0.4, -0.2) is 31.1 Å². The SMILES string of the molecule is CO[C@@H](C)[C@@H](NC(=O)c1ccc(C#Cc2ccc(C)o2)cc1)C(N)=O. The van der Waals surface area contributed by atoms with Crippen LogP contribution < -0.4 is 11.1 Å². The minimum Gasteiger partial charge on any atom is -0.453 e. The van der Waals surface area contributed by atoms with Gasteiger partial charge in [0.05, 0.1) is 6.10 Å². The van der Waals surface area contributed by atoms with Crippen LogP contribution in [0.5, 0.6) is 0 Å². The third-order valence-electron chi connectivity index (χ3n) is 3.65. The van der Waals surface area contributed by atoms with Crippen LogP contribution in [0.1, 0.15) is 34.4 Å². The third kappa shape index (κ3) is 4.96. The van der Waals surface area contributed by atoms with Gasteiger partial charge >= 0.3 is 0 Å². The number of carbonyl (C=O) groups excluding carboxylic acids is 2. The Balaban J connectivity index is 2.07. The third-order valence-corrected chi connectivity index (χ3v) is 3.65. The van der Waals surface area contributed by atoms with E-state index in [4.69, 9.17) is 14.9 Å². The van der Waals surface area contributed by atoms with E-state index in [0.717, 1.165) is 11.3 Å². The Hall–Kier alpha value is -3.04. The van der Waals surface area contributed by atoms with Crippen molar-refractivity contribution in [3.8, 4) is 11.8 Å². The quantitative estimate of drug-likeness (QED) is 0.809. The van der Waals surface area contributed by atoms with Crippen LogP contribution in [0.25, 0.3) is 0 Å². The van der Waals surface area contributed by atoms with E-state index in [0.29, 0.717) is 11.3 Å². The van der Waals surface area contributed by atoms with Crippen molar-refractivity contribution in [2.45, 2.75) is 26.0 Å². The fraction of sp³-hybridized carbons (Fsp3) is 0.263. The maximum absolute atomic E-state index is 12.2. The van der Waals surface area contributed by atoms with Crippen LogP contribution in [0, 0.1) is 18.8 Å². The zero-order valence-electron chi connectivity index (χ0n) is 14.3. The Morgan fingerprint density at radius 2 is 1.84 bits per heavy atom. The number of methoxy groups -OCH3 is 1. The molecule has 25 heavy (non-hydrogen) atoms. The van der Waals surface area contributed by atoms with Crippen LogP contribution in [0.4, 0.5) is 0 Å². The monoisotopic (exact) mass is 340 g/mol. The molecule has 2 atom stereocenters. The van der Waals surface area contributed by atoms with E-state index in [-0.39, 0.29) is 0 Å². The second-order valence-electron chi connectivity index (χ2n) is 5.53. The molecule has 0 spiro atoms. The topological polar surface area (TPSA) is 94.6 Å². The molecule has 0 aliphatic rings. The summed E-state index contributed by atoms with van der Waals surface area (Å²) in [5.74, 6) is 6.18. The highest BCUT2D eigenvalue weighted by atomic mass is 16.5. The molecule has 3 N–H and O–H groups in total. The first-order valence-corrected chi connectivity index (χ1v) is 7.72. The second-order valence-corrected chi connectivity index (χ2v) is 5.53. The summed E-state index contributed by atoms with van der Waals surface area (Å²) in [5, 5.41) is 2.57.